The zero-order valence-electron chi connectivity index (χ0n) is 12.6. The number of hydrogen-bond donors (Lipinski definition) is 3. The van der Waals surface area contributed by atoms with Crippen LogP contribution in [0.5, 0.6) is 0 Å². The normalized spacial score (nSPS) is 13.9. The zero-order chi connectivity index (χ0) is 15.3. The third-order valence-electron chi connectivity index (χ3n) is 3.15. The molecule has 1 aromatic rings. The fourth-order valence-corrected chi connectivity index (χ4v) is 2.37. The average Bonchev–Trinajstić information content (AvgIpc) is 2.32. The van der Waals surface area contributed by atoms with Gasteiger partial charge in [-0.1, -0.05) is 31.5 Å². The van der Waals surface area contributed by atoms with Crippen LogP contribution in [0.4, 0.5) is 10.5 Å². The van der Waals surface area contributed by atoms with Crippen molar-refractivity contribution < 1.29 is 4.79 Å². The average molecular weight is 298 g/mol. The summed E-state index contributed by atoms with van der Waals surface area (Å²) in [6.07, 6.45) is 0.825. The van der Waals surface area contributed by atoms with Crippen molar-refractivity contribution in [3.8, 4) is 0 Å². The molecule has 0 spiro atoms. The van der Waals surface area contributed by atoms with Gasteiger partial charge in [0.05, 0.1) is 5.54 Å². The number of carbonyl (C=O) groups is 1. The van der Waals surface area contributed by atoms with Gasteiger partial charge in [-0.25, -0.2) is 4.79 Å². The lowest BCUT2D eigenvalue weighted by molar-refractivity contribution is 0.233. The Bertz CT molecular complexity index is 476. The van der Waals surface area contributed by atoms with Gasteiger partial charge in [-0.3, -0.25) is 0 Å². The second kappa shape index (κ2) is 6.95. The van der Waals surface area contributed by atoms with Crippen molar-refractivity contribution in [2.24, 2.45) is 11.7 Å². The van der Waals surface area contributed by atoms with Crippen molar-refractivity contribution in [2.75, 3.05) is 11.9 Å². The van der Waals surface area contributed by atoms with E-state index in [-0.39, 0.29) is 6.03 Å². The Morgan fingerprint density at radius 2 is 2.10 bits per heavy atom. The van der Waals surface area contributed by atoms with Crippen LogP contribution in [0.1, 0.15) is 32.8 Å². The number of urea groups is 1. The first kappa shape index (κ1) is 16.8. The smallest absolute Gasteiger partial charge is 0.319 e. The lowest BCUT2D eigenvalue weighted by atomic mass is 9.91. The van der Waals surface area contributed by atoms with Gasteiger partial charge < -0.3 is 16.4 Å². The minimum absolute atomic E-state index is 0.265. The lowest BCUT2D eigenvalue weighted by Gasteiger charge is -2.31. The predicted octanol–water partition coefficient (Wildman–Crippen LogP) is 3.53. The second-order valence-corrected chi connectivity index (χ2v) is 6.31. The number of carbonyl (C=O) groups excluding carboxylic acids is 1. The maximum atomic E-state index is 12.0. The van der Waals surface area contributed by atoms with Crippen LogP contribution in [0.3, 0.4) is 0 Å². The first-order valence-corrected chi connectivity index (χ1v) is 7.19. The molecule has 112 valence electrons. The first-order valence-electron chi connectivity index (χ1n) is 6.81. The Hall–Kier alpha value is -1.26. The molecule has 0 aromatic heterocycles. The molecule has 0 bridgehead atoms. The molecule has 0 saturated carbocycles. The number of aryl methyl sites for hydroxylation is 1. The molecule has 1 unspecified atom stereocenters. The molecule has 0 heterocycles. The van der Waals surface area contributed by atoms with E-state index in [1.54, 1.807) is 6.07 Å². The highest BCUT2D eigenvalue weighted by Gasteiger charge is 2.25. The summed E-state index contributed by atoms with van der Waals surface area (Å²) in [5, 5.41) is 6.35. The molecule has 5 heteroatoms. The van der Waals surface area contributed by atoms with E-state index in [2.05, 4.69) is 24.5 Å². The van der Waals surface area contributed by atoms with E-state index in [0.717, 1.165) is 12.0 Å². The van der Waals surface area contributed by atoms with Crippen molar-refractivity contribution in [1.82, 2.24) is 5.32 Å². The maximum Gasteiger partial charge on any atom is 0.319 e. The number of nitrogens with two attached hydrogens (primary N) is 1. The topological polar surface area (TPSA) is 67.2 Å². The third kappa shape index (κ3) is 5.02. The lowest BCUT2D eigenvalue weighted by Crippen LogP contribution is -2.53. The minimum atomic E-state index is -0.410. The monoisotopic (exact) mass is 297 g/mol. The van der Waals surface area contributed by atoms with E-state index in [0.29, 0.717) is 23.2 Å². The molecule has 20 heavy (non-hydrogen) atoms. The standard InChI is InChI=1S/C15H24ClN3O/c1-10(2)8-15(4,9-17)19-14(20)18-12-6-5-11(3)13(16)7-12/h5-7,10H,8-9,17H2,1-4H3,(H2,18,19,20). The van der Waals surface area contributed by atoms with E-state index < -0.39 is 5.54 Å². The highest BCUT2D eigenvalue weighted by Crippen LogP contribution is 2.20. The fourth-order valence-electron chi connectivity index (χ4n) is 2.19. The molecule has 0 aliphatic rings. The molecule has 1 rings (SSSR count). The Morgan fingerprint density at radius 1 is 1.45 bits per heavy atom. The van der Waals surface area contributed by atoms with Crippen LogP contribution in [-0.2, 0) is 0 Å². The molecule has 0 saturated heterocycles. The quantitative estimate of drug-likeness (QED) is 0.778. The van der Waals surface area contributed by atoms with Gasteiger partial charge >= 0.3 is 6.03 Å². The van der Waals surface area contributed by atoms with Gasteiger partial charge in [0.2, 0.25) is 0 Å². The Morgan fingerprint density at radius 3 is 2.60 bits per heavy atom. The van der Waals surface area contributed by atoms with Gasteiger partial charge in [0.25, 0.3) is 0 Å². The fraction of sp³-hybridized carbons (Fsp3) is 0.533. The minimum Gasteiger partial charge on any atom is -0.331 e. The molecular formula is C15H24ClN3O. The molecule has 0 fully saturated rings. The van der Waals surface area contributed by atoms with E-state index in [4.69, 9.17) is 17.3 Å². The third-order valence-corrected chi connectivity index (χ3v) is 3.56. The predicted molar refractivity (Wildman–Crippen MR) is 85.3 cm³/mol. The van der Waals surface area contributed by atoms with Gasteiger partial charge in [-0.2, -0.15) is 0 Å². The summed E-state index contributed by atoms with van der Waals surface area (Å²) >= 11 is 6.03. The first-order chi connectivity index (χ1) is 9.25. The molecule has 4 nitrogen and oxygen atoms in total. The summed E-state index contributed by atoms with van der Waals surface area (Å²) in [7, 11) is 0. The van der Waals surface area contributed by atoms with Crippen LogP contribution in [0.15, 0.2) is 18.2 Å². The Labute approximate surface area is 126 Å². The zero-order valence-corrected chi connectivity index (χ0v) is 13.3. The summed E-state index contributed by atoms with van der Waals surface area (Å²) in [6.45, 7) is 8.47. The molecule has 0 aliphatic carbocycles. The van der Waals surface area contributed by atoms with E-state index in [1.165, 1.54) is 0 Å². The van der Waals surface area contributed by atoms with Crippen LogP contribution in [0.2, 0.25) is 5.02 Å². The molecular weight excluding hydrogens is 274 g/mol. The van der Waals surface area contributed by atoms with E-state index in [9.17, 15) is 4.79 Å². The number of benzene rings is 1. The van der Waals surface area contributed by atoms with Gasteiger partial charge in [0, 0.05) is 17.3 Å². The molecule has 1 aromatic carbocycles. The number of amides is 2. The second-order valence-electron chi connectivity index (χ2n) is 5.91. The molecule has 2 amide bonds. The van der Waals surface area contributed by atoms with Gasteiger partial charge in [-0.05, 0) is 43.9 Å². The molecule has 0 radical (unpaired) electrons. The van der Waals surface area contributed by atoms with Crippen molar-refractivity contribution in [1.29, 1.82) is 0 Å². The highest BCUT2D eigenvalue weighted by molar-refractivity contribution is 6.31. The van der Waals surface area contributed by atoms with Gasteiger partial charge in [0.15, 0.2) is 0 Å². The van der Waals surface area contributed by atoms with E-state index in [1.807, 2.05) is 26.0 Å². The Kier molecular flexibility index (Phi) is 5.84. The van der Waals surface area contributed by atoms with Crippen LogP contribution >= 0.6 is 11.6 Å². The Balaban J connectivity index is 2.68. The summed E-state index contributed by atoms with van der Waals surface area (Å²) in [4.78, 5) is 12.0. The number of nitrogens with one attached hydrogen (secondary N) is 2. The van der Waals surface area contributed by atoms with E-state index >= 15 is 0 Å². The number of anilines is 1. The van der Waals surface area contributed by atoms with Crippen molar-refractivity contribution >= 4 is 23.3 Å². The van der Waals surface area contributed by atoms with Crippen molar-refractivity contribution in [2.45, 2.75) is 39.7 Å². The van der Waals surface area contributed by atoms with Crippen LogP contribution < -0.4 is 16.4 Å². The van der Waals surface area contributed by atoms with Crippen LogP contribution in [0, 0.1) is 12.8 Å². The van der Waals surface area contributed by atoms with Crippen LogP contribution in [0.25, 0.3) is 0 Å². The molecule has 0 aliphatic heterocycles. The number of rotatable bonds is 5. The van der Waals surface area contributed by atoms with Gasteiger partial charge in [-0.15, -0.1) is 0 Å². The number of hydrogen-bond acceptors (Lipinski definition) is 2. The van der Waals surface area contributed by atoms with Crippen molar-refractivity contribution in [3.63, 3.8) is 0 Å². The summed E-state index contributed by atoms with van der Waals surface area (Å²) in [5.41, 5.74) is 7.01. The molecule has 4 N–H and O–H groups in total. The maximum absolute atomic E-state index is 12.0. The van der Waals surface area contributed by atoms with Crippen LogP contribution in [-0.4, -0.2) is 18.1 Å². The molecule has 1 atom stereocenters. The van der Waals surface area contributed by atoms with Gasteiger partial charge in [0.1, 0.15) is 0 Å². The number of halogens is 1. The summed E-state index contributed by atoms with van der Waals surface area (Å²) in [5.74, 6) is 0.456. The highest BCUT2D eigenvalue weighted by atomic mass is 35.5. The van der Waals surface area contributed by atoms with Crippen molar-refractivity contribution in [3.05, 3.63) is 28.8 Å². The largest absolute Gasteiger partial charge is 0.331 e. The summed E-state index contributed by atoms with van der Waals surface area (Å²) in [6, 6.07) is 5.16. The summed E-state index contributed by atoms with van der Waals surface area (Å²) < 4.78 is 0. The SMILES string of the molecule is Cc1ccc(NC(=O)NC(C)(CN)CC(C)C)cc1Cl.